The highest BCUT2D eigenvalue weighted by atomic mass is 16.3. The Kier molecular flexibility index (Phi) is 3.33. The number of nitrogens with one attached hydrogen (secondary N) is 3. The molecule has 0 aliphatic rings. The second-order valence-electron chi connectivity index (χ2n) is 3.87. The monoisotopic (exact) mass is 272 g/mol. The fraction of sp³-hybridized carbons (Fsp3) is 0.182. The average molecular weight is 272 g/mol. The molecular weight excluding hydrogens is 260 g/mol. The van der Waals surface area contributed by atoms with Gasteiger partial charge in [-0.25, -0.2) is 15.0 Å². The lowest BCUT2D eigenvalue weighted by molar-refractivity contribution is 0.311. The fourth-order valence-electron chi connectivity index (χ4n) is 1.67. The van der Waals surface area contributed by atoms with Crippen molar-refractivity contribution in [2.75, 3.05) is 23.8 Å². The third kappa shape index (κ3) is 2.47. The van der Waals surface area contributed by atoms with Crippen LogP contribution in [0, 0.1) is 0 Å². The van der Waals surface area contributed by atoms with Gasteiger partial charge in [0, 0.05) is 12.7 Å². The van der Waals surface area contributed by atoms with Gasteiger partial charge in [-0.3, -0.25) is 0 Å². The zero-order chi connectivity index (χ0) is 13.8. The van der Waals surface area contributed by atoms with E-state index in [-0.39, 0.29) is 6.61 Å². The molecule has 0 aliphatic heterocycles. The van der Waals surface area contributed by atoms with Crippen molar-refractivity contribution in [3.8, 4) is 0 Å². The van der Waals surface area contributed by atoms with Crippen molar-refractivity contribution in [1.29, 1.82) is 0 Å². The first kappa shape index (κ1) is 12.2. The van der Waals surface area contributed by atoms with Crippen molar-refractivity contribution in [1.82, 2.24) is 29.9 Å². The Balaban J connectivity index is 1.94. The molecule has 0 spiro atoms. The number of fused-ring (bicyclic) bond motifs is 1. The maximum Gasteiger partial charge on any atom is 0.232 e. The molecule has 102 valence electrons. The minimum atomic E-state index is 0.00824. The molecule has 0 saturated carbocycles. The molecule has 4 N–H and O–H groups in total. The van der Waals surface area contributed by atoms with E-state index in [9.17, 15) is 0 Å². The second kappa shape index (κ2) is 5.45. The lowest BCUT2D eigenvalue weighted by Crippen LogP contribution is -2.09. The summed E-state index contributed by atoms with van der Waals surface area (Å²) in [5.41, 5.74) is 1.21. The molecule has 0 atom stereocenters. The number of nitrogens with zero attached hydrogens (tertiary/aromatic N) is 5. The van der Waals surface area contributed by atoms with E-state index in [1.54, 1.807) is 12.3 Å². The lowest BCUT2D eigenvalue weighted by Gasteiger charge is -2.08. The number of aliphatic hydroxyl groups excluding tert-OH is 1. The van der Waals surface area contributed by atoms with Crippen molar-refractivity contribution < 1.29 is 5.11 Å². The van der Waals surface area contributed by atoms with Crippen molar-refractivity contribution in [3.63, 3.8) is 0 Å². The van der Waals surface area contributed by atoms with Crippen LogP contribution in [-0.2, 0) is 0 Å². The average Bonchev–Trinajstić information content (AvgIpc) is 2.94. The van der Waals surface area contributed by atoms with E-state index in [1.807, 2.05) is 0 Å². The van der Waals surface area contributed by atoms with Crippen LogP contribution in [0.5, 0.6) is 0 Å². The zero-order valence-electron chi connectivity index (χ0n) is 10.4. The van der Waals surface area contributed by atoms with Crippen LogP contribution in [0.15, 0.2) is 24.9 Å². The van der Waals surface area contributed by atoms with Gasteiger partial charge in [-0.2, -0.15) is 9.97 Å². The number of rotatable bonds is 5. The number of hydrogen-bond acceptors (Lipinski definition) is 8. The quantitative estimate of drug-likeness (QED) is 0.522. The van der Waals surface area contributed by atoms with Crippen molar-refractivity contribution >= 4 is 28.7 Å². The molecule has 0 fully saturated rings. The summed E-state index contributed by atoms with van der Waals surface area (Å²) < 4.78 is 0. The van der Waals surface area contributed by atoms with Crippen LogP contribution in [-0.4, -0.2) is 48.2 Å². The predicted octanol–water partition coefficient (Wildman–Crippen LogP) is 0.291. The van der Waals surface area contributed by atoms with Gasteiger partial charge in [-0.15, -0.1) is 0 Å². The van der Waals surface area contributed by atoms with E-state index >= 15 is 0 Å². The highest BCUT2D eigenvalue weighted by Crippen LogP contribution is 2.19. The molecule has 0 unspecified atom stereocenters. The second-order valence-corrected chi connectivity index (χ2v) is 3.87. The molecule has 9 nitrogen and oxygen atoms in total. The SMILES string of the molecule is OCCNc1nc(Nc2ccncn2)nc2nc[nH]c12. The molecule has 0 radical (unpaired) electrons. The number of imidazole rings is 1. The first-order chi connectivity index (χ1) is 9.86. The Morgan fingerprint density at radius 2 is 2.20 bits per heavy atom. The highest BCUT2D eigenvalue weighted by Gasteiger charge is 2.09. The smallest absolute Gasteiger partial charge is 0.232 e. The van der Waals surface area contributed by atoms with Gasteiger partial charge in [0.25, 0.3) is 0 Å². The molecule has 3 heterocycles. The number of anilines is 3. The number of aliphatic hydroxyl groups is 1. The number of aromatic nitrogens is 6. The molecule has 0 amide bonds. The summed E-state index contributed by atoms with van der Waals surface area (Å²) in [5.74, 6) is 1.52. The maximum atomic E-state index is 8.89. The summed E-state index contributed by atoms with van der Waals surface area (Å²) in [6.07, 6.45) is 4.59. The molecule has 0 aliphatic carbocycles. The Labute approximate surface area is 113 Å². The Morgan fingerprint density at radius 3 is 3.00 bits per heavy atom. The van der Waals surface area contributed by atoms with Crippen LogP contribution >= 0.6 is 0 Å². The van der Waals surface area contributed by atoms with E-state index in [0.717, 1.165) is 0 Å². The summed E-state index contributed by atoms with van der Waals surface area (Å²) in [7, 11) is 0. The van der Waals surface area contributed by atoms with Gasteiger partial charge in [0.1, 0.15) is 17.7 Å². The molecule has 0 saturated heterocycles. The van der Waals surface area contributed by atoms with Crippen LogP contribution in [0.2, 0.25) is 0 Å². The van der Waals surface area contributed by atoms with Crippen LogP contribution in [0.4, 0.5) is 17.6 Å². The zero-order valence-corrected chi connectivity index (χ0v) is 10.4. The van der Waals surface area contributed by atoms with Gasteiger partial charge < -0.3 is 20.7 Å². The lowest BCUT2D eigenvalue weighted by atomic mass is 10.4. The fourth-order valence-corrected chi connectivity index (χ4v) is 1.67. The number of H-pyrrole nitrogens is 1. The number of aromatic amines is 1. The van der Waals surface area contributed by atoms with E-state index < -0.39 is 0 Å². The van der Waals surface area contributed by atoms with Crippen LogP contribution in [0.3, 0.4) is 0 Å². The Morgan fingerprint density at radius 1 is 1.25 bits per heavy atom. The first-order valence-corrected chi connectivity index (χ1v) is 5.95. The molecule has 20 heavy (non-hydrogen) atoms. The molecule has 3 aromatic rings. The van der Waals surface area contributed by atoms with Crippen LogP contribution in [0.1, 0.15) is 0 Å². The van der Waals surface area contributed by atoms with E-state index in [4.69, 9.17) is 5.11 Å². The van der Waals surface area contributed by atoms with E-state index in [0.29, 0.717) is 35.3 Å². The largest absolute Gasteiger partial charge is 0.395 e. The highest BCUT2D eigenvalue weighted by molar-refractivity contribution is 5.83. The molecule has 3 rings (SSSR count). The van der Waals surface area contributed by atoms with Gasteiger partial charge in [-0.1, -0.05) is 0 Å². The standard InChI is InChI=1S/C11H12N8O/c20-4-3-13-9-8-10(16-6-15-8)19-11(18-9)17-7-1-2-12-5-14-7/h1-2,5-6,20H,3-4H2,(H3,12,13,14,15,16,17,18,19). The molecule has 0 aromatic carbocycles. The molecular formula is C11H12N8O. The maximum absolute atomic E-state index is 8.89. The van der Waals surface area contributed by atoms with Crippen molar-refractivity contribution in [2.24, 2.45) is 0 Å². The van der Waals surface area contributed by atoms with Gasteiger partial charge >= 0.3 is 0 Å². The van der Waals surface area contributed by atoms with E-state index in [2.05, 4.69) is 40.5 Å². The Hall–Kier alpha value is -2.81. The first-order valence-electron chi connectivity index (χ1n) is 5.95. The minimum Gasteiger partial charge on any atom is -0.395 e. The van der Waals surface area contributed by atoms with Gasteiger partial charge in [0.15, 0.2) is 11.5 Å². The van der Waals surface area contributed by atoms with E-state index in [1.165, 1.54) is 12.7 Å². The molecule has 0 bridgehead atoms. The van der Waals surface area contributed by atoms with Crippen LogP contribution in [0.25, 0.3) is 11.2 Å². The van der Waals surface area contributed by atoms with Gasteiger partial charge in [-0.05, 0) is 6.07 Å². The van der Waals surface area contributed by atoms with Crippen molar-refractivity contribution in [2.45, 2.75) is 0 Å². The normalized spacial score (nSPS) is 10.7. The Bertz CT molecular complexity index is 698. The number of hydrogen-bond donors (Lipinski definition) is 4. The summed E-state index contributed by atoms with van der Waals surface area (Å²) in [5, 5.41) is 14.9. The topological polar surface area (TPSA) is 125 Å². The third-order valence-corrected chi connectivity index (χ3v) is 2.51. The van der Waals surface area contributed by atoms with Gasteiger partial charge in [0.05, 0.1) is 12.9 Å². The predicted molar refractivity (Wildman–Crippen MR) is 72.6 cm³/mol. The summed E-state index contributed by atoms with van der Waals surface area (Å²) in [6.45, 7) is 0.395. The third-order valence-electron chi connectivity index (χ3n) is 2.51. The summed E-state index contributed by atoms with van der Waals surface area (Å²) in [4.78, 5) is 23.5. The van der Waals surface area contributed by atoms with Crippen molar-refractivity contribution in [3.05, 3.63) is 24.9 Å². The molecule has 3 aromatic heterocycles. The molecule has 9 heteroatoms. The minimum absolute atomic E-state index is 0.00824. The van der Waals surface area contributed by atoms with Crippen LogP contribution < -0.4 is 10.6 Å². The summed E-state index contributed by atoms with van der Waals surface area (Å²) >= 11 is 0. The van der Waals surface area contributed by atoms with Gasteiger partial charge in [0.2, 0.25) is 5.95 Å². The summed E-state index contributed by atoms with van der Waals surface area (Å²) in [6, 6.07) is 1.71.